The number of carbonyl (C=O) groups excluding carboxylic acids is 1. The van der Waals surface area contributed by atoms with E-state index in [0.717, 1.165) is 0 Å². The van der Waals surface area contributed by atoms with Crippen molar-refractivity contribution in [1.29, 1.82) is 0 Å². The van der Waals surface area contributed by atoms with Gasteiger partial charge in [-0.3, -0.25) is 4.99 Å². The van der Waals surface area contributed by atoms with Crippen LogP contribution >= 0.6 is 22.9 Å². The minimum Gasteiger partial charge on any atom is -0.466 e. The first kappa shape index (κ1) is 26.7. The quantitative estimate of drug-likeness (QED) is 0.497. The Labute approximate surface area is 218 Å². The van der Waals surface area contributed by atoms with Crippen LogP contribution in [0.25, 0.3) is 0 Å². The van der Waals surface area contributed by atoms with Crippen LogP contribution in [0, 0.1) is 11.7 Å². The molecule has 1 unspecified atom stereocenters. The van der Waals surface area contributed by atoms with Crippen LogP contribution in [0.5, 0.6) is 0 Å². The number of benzene rings is 1. The van der Waals surface area contributed by atoms with Gasteiger partial charge in [0, 0.05) is 54.0 Å². The van der Waals surface area contributed by atoms with E-state index in [0.29, 0.717) is 48.0 Å². The molecule has 0 saturated carbocycles. The Morgan fingerprint density at radius 1 is 1.31 bits per heavy atom. The lowest BCUT2D eigenvalue weighted by molar-refractivity contribution is -0.136. The average Bonchev–Trinajstić information content (AvgIpc) is 3.42. The molecule has 0 spiro atoms. The monoisotopic (exact) mass is 556 g/mol. The summed E-state index contributed by atoms with van der Waals surface area (Å²) in [6, 6.07) is 3.08. The third kappa shape index (κ3) is 5.62. The molecule has 2 aliphatic rings. The van der Waals surface area contributed by atoms with Gasteiger partial charge in [-0.2, -0.15) is 0 Å². The number of carbonyl (C=O) groups is 1. The van der Waals surface area contributed by atoms with Gasteiger partial charge in [-0.05, 0) is 25.0 Å². The number of ether oxygens (including phenoxy) is 2. The van der Waals surface area contributed by atoms with Crippen LogP contribution in [0.2, 0.25) is 5.02 Å². The van der Waals surface area contributed by atoms with E-state index in [-0.39, 0.29) is 28.9 Å². The van der Waals surface area contributed by atoms with E-state index < -0.39 is 27.9 Å². The van der Waals surface area contributed by atoms with Gasteiger partial charge in [0.15, 0.2) is 10.8 Å². The van der Waals surface area contributed by atoms with Crippen LogP contribution < -0.4 is 5.32 Å². The van der Waals surface area contributed by atoms with Crippen molar-refractivity contribution >= 4 is 44.8 Å². The number of allylic oxidation sites excluding steroid dienone is 1. The molecule has 3 heterocycles. The number of esters is 1. The molecule has 9 nitrogen and oxygen atoms in total. The average molecular weight is 557 g/mol. The fourth-order valence-corrected chi connectivity index (χ4v) is 6.62. The number of halogens is 2. The number of methoxy groups -OCH3 is 2. The number of nitrogens with one attached hydrogen (secondary N) is 1. The van der Waals surface area contributed by atoms with Gasteiger partial charge in [-0.15, -0.1) is 11.3 Å². The van der Waals surface area contributed by atoms with E-state index in [1.165, 1.54) is 48.1 Å². The summed E-state index contributed by atoms with van der Waals surface area (Å²) >= 11 is 7.77. The molecule has 4 rings (SSSR count). The fourth-order valence-electron chi connectivity index (χ4n) is 4.36. The third-order valence-corrected chi connectivity index (χ3v) is 9.11. The van der Waals surface area contributed by atoms with Crippen molar-refractivity contribution in [2.45, 2.75) is 18.9 Å². The van der Waals surface area contributed by atoms with Gasteiger partial charge in [0.1, 0.15) is 11.9 Å². The summed E-state index contributed by atoms with van der Waals surface area (Å²) in [5.41, 5.74) is 1.29. The number of aliphatic imine (C=N–C) groups is 1. The lowest BCUT2D eigenvalue weighted by atomic mass is 9.86. The number of rotatable bonds is 8. The summed E-state index contributed by atoms with van der Waals surface area (Å²) in [6.45, 7) is 0.708. The van der Waals surface area contributed by atoms with Gasteiger partial charge >= 0.3 is 5.97 Å². The van der Waals surface area contributed by atoms with Gasteiger partial charge in [-0.1, -0.05) is 17.7 Å². The second-order valence-electron chi connectivity index (χ2n) is 8.31. The van der Waals surface area contributed by atoms with Crippen molar-refractivity contribution in [2.75, 3.05) is 39.7 Å². The Morgan fingerprint density at radius 2 is 2.06 bits per heavy atom. The van der Waals surface area contributed by atoms with E-state index >= 15 is 0 Å². The highest BCUT2D eigenvalue weighted by Gasteiger charge is 2.38. The number of hydrogen-bond acceptors (Lipinski definition) is 9. The summed E-state index contributed by atoms with van der Waals surface area (Å²) in [7, 11) is -0.709. The number of piperidine rings is 1. The van der Waals surface area contributed by atoms with E-state index in [9.17, 15) is 17.6 Å². The second-order valence-corrected chi connectivity index (χ2v) is 11.7. The van der Waals surface area contributed by atoms with Crippen molar-refractivity contribution in [3.63, 3.8) is 0 Å². The maximum Gasteiger partial charge on any atom is 0.338 e. The van der Waals surface area contributed by atoms with Crippen LogP contribution in [0.1, 0.15) is 29.5 Å². The number of aromatic nitrogens is 1. The summed E-state index contributed by atoms with van der Waals surface area (Å²) in [5.74, 6) is -0.921. The largest absolute Gasteiger partial charge is 0.466 e. The maximum atomic E-state index is 13.8. The van der Waals surface area contributed by atoms with Crippen LogP contribution in [0.4, 0.5) is 4.39 Å². The van der Waals surface area contributed by atoms with Crippen molar-refractivity contribution in [1.82, 2.24) is 14.6 Å². The first-order valence-electron chi connectivity index (χ1n) is 11.2. The van der Waals surface area contributed by atoms with Crippen LogP contribution in [0.3, 0.4) is 0 Å². The van der Waals surface area contributed by atoms with E-state index in [1.54, 1.807) is 6.20 Å². The minimum absolute atomic E-state index is 0.0888. The van der Waals surface area contributed by atoms with Crippen molar-refractivity contribution in [3.05, 3.63) is 62.5 Å². The fraction of sp³-hybridized carbons (Fsp3) is 0.435. The molecule has 0 amide bonds. The van der Waals surface area contributed by atoms with E-state index in [4.69, 9.17) is 26.1 Å². The zero-order valence-electron chi connectivity index (χ0n) is 19.7. The van der Waals surface area contributed by atoms with Crippen LogP contribution in [0.15, 0.2) is 46.0 Å². The molecular formula is C23H26ClFN4O5S2. The lowest BCUT2D eigenvalue weighted by Crippen LogP contribution is -2.44. The molecule has 1 N–H and O–H groups in total. The number of hydrogen-bond donors (Lipinski definition) is 1. The maximum absolute atomic E-state index is 13.8. The summed E-state index contributed by atoms with van der Waals surface area (Å²) in [6.07, 6.45) is 2.60. The summed E-state index contributed by atoms with van der Waals surface area (Å²) in [5, 5.41) is 5.83. The van der Waals surface area contributed by atoms with Gasteiger partial charge in [0.2, 0.25) is 10.0 Å². The second kappa shape index (κ2) is 11.3. The van der Waals surface area contributed by atoms with Crippen LogP contribution in [-0.4, -0.2) is 69.2 Å². The third-order valence-electron chi connectivity index (χ3n) is 6.17. The standard InChI is InChI=1S/C23H26ClFN4O5S2/c1-33-10-12-36(31,32)29-8-5-14(6-9-29)19-18(23(30)34-2)20(16-4-3-15(25)13-17(16)24)28-21(27-19)22-26-7-11-35-22/h3-4,7,11,13-14,20H,5-6,8-10,12H2,1-2H3,(H,27,28). The Kier molecular flexibility index (Phi) is 8.41. The molecule has 1 fully saturated rings. The Balaban J connectivity index is 1.73. The SMILES string of the molecule is COCCS(=O)(=O)N1CCC(C2=C(C(=O)OC)C(c3ccc(F)cc3Cl)N=C(c3nccs3)N2)CC1. The van der Waals surface area contributed by atoms with Crippen LogP contribution in [-0.2, 0) is 24.3 Å². The Morgan fingerprint density at radius 3 is 2.67 bits per heavy atom. The molecule has 0 bridgehead atoms. The molecule has 2 aromatic rings. The molecule has 194 valence electrons. The first-order valence-corrected chi connectivity index (χ1v) is 14.1. The molecule has 0 aliphatic carbocycles. The van der Waals surface area contributed by atoms with Crippen molar-refractivity contribution < 1.29 is 27.1 Å². The number of sulfonamides is 1. The normalized spacial score (nSPS) is 19.7. The molecule has 2 aliphatic heterocycles. The summed E-state index contributed by atoms with van der Waals surface area (Å²) in [4.78, 5) is 22.2. The molecule has 1 saturated heterocycles. The van der Waals surface area contributed by atoms with Crippen molar-refractivity contribution in [2.24, 2.45) is 10.9 Å². The molecule has 1 atom stereocenters. The minimum atomic E-state index is -3.45. The molecule has 0 radical (unpaired) electrons. The van der Waals surface area contributed by atoms with Crippen molar-refractivity contribution in [3.8, 4) is 0 Å². The predicted molar refractivity (Wildman–Crippen MR) is 135 cm³/mol. The molecular weight excluding hydrogens is 531 g/mol. The van der Waals surface area contributed by atoms with E-state index in [1.807, 2.05) is 5.38 Å². The molecule has 1 aromatic heterocycles. The molecule has 36 heavy (non-hydrogen) atoms. The van der Waals surface area contributed by atoms with Gasteiger partial charge in [-0.25, -0.2) is 26.9 Å². The highest BCUT2D eigenvalue weighted by atomic mass is 35.5. The Hall–Kier alpha value is -2.38. The first-order chi connectivity index (χ1) is 17.2. The number of amidine groups is 1. The van der Waals surface area contributed by atoms with Gasteiger partial charge in [0.05, 0.1) is 25.0 Å². The highest BCUT2D eigenvalue weighted by molar-refractivity contribution is 7.89. The summed E-state index contributed by atoms with van der Waals surface area (Å²) < 4.78 is 50.6. The van der Waals surface area contributed by atoms with Gasteiger partial charge < -0.3 is 14.8 Å². The zero-order chi connectivity index (χ0) is 25.9. The molecule has 13 heteroatoms. The zero-order valence-corrected chi connectivity index (χ0v) is 22.1. The topological polar surface area (TPSA) is 110 Å². The molecule has 1 aromatic carbocycles. The van der Waals surface area contributed by atoms with Gasteiger partial charge in [0.25, 0.3) is 0 Å². The number of thiazole rings is 1. The number of nitrogens with zero attached hydrogens (tertiary/aromatic N) is 3. The Bertz CT molecular complexity index is 1280. The predicted octanol–water partition coefficient (Wildman–Crippen LogP) is 3.14. The lowest BCUT2D eigenvalue weighted by Gasteiger charge is -2.36. The van der Waals surface area contributed by atoms with E-state index in [2.05, 4.69) is 10.3 Å². The highest BCUT2D eigenvalue weighted by Crippen LogP contribution is 2.40. The smallest absolute Gasteiger partial charge is 0.338 e.